The van der Waals surface area contributed by atoms with Crippen LogP contribution in [0.1, 0.15) is 26.0 Å². The van der Waals surface area contributed by atoms with E-state index in [1.54, 1.807) is 25.5 Å². The van der Waals surface area contributed by atoms with Crippen molar-refractivity contribution in [2.24, 2.45) is 0 Å². The minimum absolute atomic E-state index is 0.380. The Morgan fingerprint density at radius 1 is 1.50 bits per heavy atom. The summed E-state index contributed by atoms with van der Waals surface area (Å²) in [5.74, 6) is -0.893. The van der Waals surface area contributed by atoms with Crippen molar-refractivity contribution in [1.29, 1.82) is 0 Å². The molecule has 1 rings (SSSR count). The molecule has 0 radical (unpaired) electrons. The van der Waals surface area contributed by atoms with E-state index in [4.69, 9.17) is 5.11 Å². The Morgan fingerprint density at radius 2 is 2.21 bits per heavy atom. The summed E-state index contributed by atoms with van der Waals surface area (Å²) in [5.41, 5.74) is 1.67. The van der Waals surface area contributed by atoms with Crippen LogP contribution in [0.5, 0.6) is 0 Å². The molecule has 0 aliphatic carbocycles. The summed E-state index contributed by atoms with van der Waals surface area (Å²) in [5, 5.41) is 8.90. The fourth-order valence-corrected chi connectivity index (χ4v) is 1.22. The van der Waals surface area contributed by atoms with Crippen LogP contribution in [0.2, 0.25) is 0 Å². The van der Waals surface area contributed by atoms with Crippen molar-refractivity contribution in [2.45, 2.75) is 20.3 Å². The van der Waals surface area contributed by atoms with Crippen molar-refractivity contribution in [3.63, 3.8) is 0 Å². The summed E-state index contributed by atoms with van der Waals surface area (Å²) in [6.07, 6.45) is 5.16. The van der Waals surface area contributed by atoms with Gasteiger partial charge in [-0.2, -0.15) is 0 Å². The average molecular weight is 192 g/mol. The lowest BCUT2D eigenvalue weighted by Gasteiger charge is -2.04. The molecule has 0 aliphatic rings. The van der Waals surface area contributed by atoms with Crippen molar-refractivity contribution in [3.8, 4) is 0 Å². The first kappa shape index (κ1) is 10.4. The first-order chi connectivity index (χ1) is 6.66. The van der Waals surface area contributed by atoms with Crippen LogP contribution in [-0.4, -0.2) is 21.0 Å². The Hall–Kier alpha value is -1.71. The molecular weight excluding hydrogens is 180 g/mol. The Bertz CT molecular complexity index is 358. The number of hydrogen-bond acceptors (Lipinski definition) is 3. The summed E-state index contributed by atoms with van der Waals surface area (Å²) in [6.45, 7) is 3.56. The third-order valence-electron chi connectivity index (χ3n) is 2.01. The number of allylic oxidation sites excluding steroid dienone is 1. The number of aromatic nitrogens is 2. The first-order valence-electron chi connectivity index (χ1n) is 4.36. The third kappa shape index (κ3) is 2.16. The van der Waals surface area contributed by atoms with Crippen LogP contribution in [-0.2, 0) is 4.79 Å². The molecule has 74 valence electrons. The Labute approximate surface area is 82.3 Å². The predicted molar refractivity (Wildman–Crippen MR) is 52.6 cm³/mol. The second-order valence-corrected chi connectivity index (χ2v) is 2.85. The fourth-order valence-electron chi connectivity index (χ4n) is 1.22. The van der Waals surface area contributed by atoms with Gasteiger partial charge in [0.05, 0.1) is 11.9 Å². The molecule has 0 amide bonds. The fraction of sp³-hybridized carbons (Fsp3) is 0.300. The molecule has 1 aromatic rings. The maximum Gasteiger partial charge on any atom is 0.331 e. The maximum absolute atomic E-state index is 10.8. The second kappa shape index (κ2) is 4.50. The molecule has 0 aromatic carbocycles. The van der Waals surface area contributed by atoms with E-state index in [2.05, 4.69) is 9.97 Å². The van der Waals surface area contributed by atoms with E-state index in [0.717, 1.165) is 0 Å². The SMILES string of the molecule is CC/C(C(=O)O)=C(\C)c1cnccn1. The molecule has 0 aliphatic heterocycles. The lowest BCUT2D eigenvalue weighted by atomic mass is 10.1. The maximum atomic E-state index is 10.8. The number of carboxylic acids is 1. The van der Waals surface area contributed by atoms with Crippen molar-refractivity contribution < 1.29 is 9.90 Å². The smallest absolute Gasteiger partial charge is 0.331 e. The Morgan fingerprint density at radius 3 is 2.64 bits per heavy atom. The van der Waals surface area contributed by atoms with Gasteiger partial charge in [-0.1, -0.05) is 6.92 Å². The zero-order chi connectivity index (χ0) is 10.6. The molecule has 0 bridgehead atoms. The van der Waals surface area contributed by atoms with Gasteiger partial charge in [0.25, 0.3) is 0 Å². The molecule has 0 fully saturated rings. The predicted octanol–water partition coefficient (Wildman–Crippen LogP) is 1.74. The van der Waals surface area contributed by atoms with Crippen LogP contribution in [0.25, 0.3) is 5.57 Å². The van der Waals surface area contributed by atoms with Crippen molar-refractivity contribution >= 4 is 11.5 Å². The van der Waals surface area contributed by atoms with Gasteiger partial charge in [0, 0.05) is 18.0 Å². The number of carbonyl (C=O) groups is 1. The van der Waals surface area contributed by atoms with E-state index in [1.165, 1.54) is 0 Å². The normalized spacial score (nSPS) is 12.1. The first-order valence-corrected chi connectivity index (χ1v) is 4.36. The second-order valence-electron chi connectivity index (χ2n) is 2.85. The zero-order valence-electron chi connectivity index (χ0n) is 8.19. The molecule has 14 heavy (non-hydrogen) atoms. The van der Waals surface area contributed by atoms with Crippen LogP contribution in [0.15, 0.2) is 24.2 Å². The van der Waals surface area contributed by atoms with Crippen LogP contribution in [0, 0.1) is 0 Å². The summed E-state index contributed by atoms with van der Waals surface area (Å²) < 4.78 is 0. The molecular formula is C10H12N2O2. The number of carboxylic acid groups (broad SMARTS) is 1. The van der Waals surface area contributed by atoms with Gasteiger partial charge in [-0.25, -0.2) is 4.79 Å². The van der Waals surface area contributed by atoms with Crippen molar-refractivity contribution in [2.75, 3.05) is 0 Å². The van der Waals surface area contributed by atoms with Gasteiger partial charge in [-0.05, 0) is 18.9 Å². The molecule has 4 nitrogen and oxygen atoms in total. The minimum atomic E-state index is -0.893. The molecule has 0 unspecified atom stereocenters. The highest BCUT2D eigenvalue weighted by atomic mass is 16.4. The Balaban J connectivity index is 3.15. The molecule has 1 aromatic heterocycles. The van der Waals surface area contributed by atoms with Crippen LogP contribution in [0.3, 0.4) is 0 Å². The third-order valence-corrected chi connectivity index (χ3v) is 2.01. The highest BCUT2D eigenvalue weighted by Gasteiger charge is 2.10. The van der Waals surface area contributed by atoms with Crippen molar-refractivity contribution in [1.82, 2.24) is 9.97 Å². The number of rotatable bonds is 3. The van der Waals surface area contributed by atoms with Gasteiger partial charge in [0.15, 0.2) is 0 Å². The van der Waals surface area contributed by atoms with Crippen LogP contribution >= 0.6 is 0 Å². The monoisotopic (exact) mass is 192 g/mol. The van der Waals surface area contributed by atoms with Crippen LogP contribution in [0.4, 0.5) is 0 Å². The van der Waals surface area contributed by atoms with E-state index >= 15 is 0 Å². The molecule has 1 heterocycles. The molecule has 0 saturated heterocycles. The van der Waals surface area contributed by atoms with Gasteiger partial charge in [-0.3, -0.25) is 9.97 Å². The summed E-state index contributed by atoms with van der Waals surface area (Å²) >= 11 is 0. The van der Waals surface area contributed by atoms with Gasteiger partial charge in [0.1, 0.15) is 0 Å². The highest BCUT2D eigenvalue weighted by molar-refractivity contribution is 5.95. The number of aliphatic carboxylic acids is 1. The topological polar surface area (TPSA) is 63.1 Å². The molecule has 1 N–H and O–H groups in total. The largest absolute Gasteiger partial charge is 0.478 e. The summed E-state index contributed by atoms with van der Waals surface area (Å²) in [7, 11) is 0. The summed E-state index contributed by atoms with van der Waals surface area (Å²) in [4.78, 5) is 18.8. The Kier molecular flexibility index (Phi) is 3.34. The standard InChI is InChI=1S/C10H12N2O2/c1-3-8(10(13)14)7(2)9-6-11-4-5-12-9/h4-6H,3H2,1-2H3,(H,13,14)/b8-7-. The highest BCUT2D eigenvalue weighted by Crippen LogP contribution is 2.17. The minimum Gasteiger partial charge on any atom is -0.478 e. The van der Waals surface area contributed by atoms with E-state index in [0.29, 0.717) is 23.3 Å². The molecule has 0 atom stereocenters. The van der Waals surface area contributed by atoms with E-state index in [1.807, 2.05) is 6.92 Å². The number of hydrogen-bond donors (Lipinski definition) is 1. The number of nitrogens with zero attached hydrogens (tertiary/aromatic N) is 2. The van der Waals surface area contributed by atoms with Gasteiger partial charge >= 0.3 is 5.97 Å². The molecule has 4 heteroatoms. The van der Waals surface area contributed by atoms with Crippen molar-refractivity contribution in [3.05, 3.63) is 29.9 Å². The lowest BCUT2D eigenvalue weighted by molar-refractivity contribution is -0.132. The van der Waals surface area contributed by atoms with E-state index in [-0.39, 0.29) is 0 Å². The van der Waals surface area contributed by atoms with Crippen LogP contribution < -0.4 is 0 Å². The summed E-state index contributed by atoms with van der Waals surface area (Å²) in [6, 6.07) is 0. The van der Waals surface area contributed by atoms with E-state index in [9.17, 15) is 4.79 Å². The van der Waals surface area contributed by atoms with Gasteiger partial charge < -0.3 is 5.11 Å². The molecule has 0 saturated carbocycles. The van der Waals surface area contributed by atoms with Gasteiger partial charge in [0.2, 0.25) is 0 Å². The molecule has 0 spiro atoms. The zero-order valence-corrected chi connectivity index (χ0v) is 8.19. The van der Waals surface area contributed by atoms with Gasteiger partial charge in [-0.15, -0.1) is 0 Å². The average Bonchev–Trinajstić information content (AvgIpc) is 2.19. The quantitative estimate of drug-likeness (QED) is 0.741. The van der Waals surface area contributed by atoms with E-state index < -0.39 is 5.97 Å². The lowest BCUT2D eigenvalue weighted by Crippen LogP contribution is -2.03.